The van der Waals surface area contributed by atoms with E-state index in [4.69, 9.17) is 4.74 Å². The highest BCUT2D eigenvalue weighted by molar-refractivity contribution is 6.22. The Morgan fingerprint density at radius 3 is 2.58 bits per heavy atom. The van der Waals surface area contributed by atoms with Crippen LogP contribution in [0.4, 0.5) is 5.69 Å². The monoisotopic (exact) mass is 350 g/mol. The number of nitrogens with zero attached hydrogens (tertiary/aromatic N) is 2. The molecule has 0 bridgehead atoms. The predicted octanol–water partition coefficient (Wildman–Crippen LogP) is 2.24. The highest BCUT2D eigenvalue weighted by Gasteiger charge is 2.43. The molecule has 6 heteroatoms. The lowest BCUT2D eigenvalue weighted by atomic mass is 10.1. The number of carbonyl (C=O) groups is 3. The van der Waals surface area contributed by atoms with Crippen molar-refractivity contribution in [2.24, 2.45) is 0 Å². The molecule has 1 unspecified atom stereocenters. The molecule has 0 saturated carbocycles. The Balaban J connectivity index is 1.66. The number of para-hydroxylation sites is 2. The molecule has 1 atom stereocenters. The van der Waals surface area contributed by atoms with Crippen molar-refractivity contribution in [2.75, 3.05) is 18.1 Å². The average molecular weight is 350 g/mol. The summed E-state index contributed by atoms with van der Waals surface area (Å²) in [4.78, 5) is 41.4. The molecule has 0 aromatic heterocycles. The molecule has 0 aliphatic carbocycles. The SMILES string of the molecule is O=C(COc1ccccc1)N1C(=O)C2CCCN2C(=O)c2ccccc21. The Bertz CT molecular complexity index is 865. The third-order valence-electron chi connectivity index (χ3n) is 4.75. The van der Waals surface area contributed by atoms with Crippen molar-refractivity contribution >= 4 is 23.4 Å². The summed E-state index contributed by atoms with van der Waals surface area (Å²) in [5, 5.41) is 0. The molecule has 2 aliphatic rings. The molecule has 6 nitrogen and oxygen atoms in total. The van der Waals surface area contributed by atoms with Gasteiger partial charge in [-0.2, -0.15) is 0 Å². The smallest absolute Gasteiger partial charge is 0.271 e. The molecule has 4 rings (SSSR count). The predicted molar refractivity (Wildman–Crippen MR) is 94.9 cm³/mol. The zero-order chi connectivity index (χ0) is 18.1. The average Bonchev–Trinajstić information content (AvgIpc) is 3.14. The van der Waals surface area contributed by atoms with Crippen LogP contribution < -0.4 is 9.64 Å². The minimum absolute atomic E-state index is 0.198. The number of amides is 3. The summed E-state index contributed by atoms with van der Waals surface area (Å²) in [7, 11) is 0. The lowest BCUT2D eigenvalue weighted by molar-refractivity contribution is -0.129. The van der Waals surface area contributed by atoms with Crippen LogP contribution in [0.3, 0.4) is 0 Å². The van der Waals surface area contributed by atoms with E-state index >= 15 is 0 Å². The summed E-state index contributed by atoms with van der Waals surface area (Å²) in [6.45, 7) is 0.261. The molecule has 2 aromatic rings. The number of hydrogen-bond acceptors (Lipinski definition) is 4. The van der Waals surface area contributed by atoms with E-state index in [2.05, 4.69) is 0 Å². The number of imide groups is 1. The van der Waals surface area contributed by atoms with E-state index < -0.39 is 11.9 Å². The van der Waals surface area contributed by atoms with E-state index in [1.54, 1.807) is 53.4 Å². The van der Waals surface area contributed by atoms with Gasteiger partial charge in [0.1, 0.15) is 11.8 Å². The van der Waals surface area contributed by atoms with Crippen LogP contribution in [0.5, 0.6) is 5.75 Å². The van der Waals surface area contributed by atoms with E-state index in [1.165, 1.54) is 0 Å². The third-order valence-corrected chi connectivity index (χ3v) is 4.75. The Morgan fingerprint density at radius 1 is 1.04 bits per heavy atom. The van der Waals surface area contributed by atoms with Gasteiger partial charge in [-0.15, -0.1) is 0 Å². The van der Waals surface area contributed by atoms with Crippen molar-refractivity contribution in [2.45, 2.75) is 18.9 Å². The van der Waals surface area contributed by atoms with Crippen LogP contribution in [-0.4, -0.2) is 41.8 Å². The highest BCUT2D eigenvalue weighted by atomic mass is 16.5. The van der Waals surface area contributed by atoms with Gasteiger partial charge in [-0.3, -0.25) is 14.4 Å². The van der Waals surface area contributed by atoms with Crippen molar-refractivity contribution in [3.63, 3.8) is 0 Å². The van der Waals surface area contributed by atoms with Gasteiger partial charge in [-0.25, -0.2) is 4.90 Å². The zero-order valence-corrected chi connectivity index (χ0v) is 14.1. The summed E-state index contributed by atoms with van der Waals surface area (Å²) >= 11 is 0. The van der Waals surface area contributed by atoms with E-state index in [1.807, 2.05) is 6.07 Å². The van der Waals surface area contributed by atoms with E-state index in [-0.39, 0.29) is 18.4 Å². The van der Waals surface area contributed by atoms with Crippen LogP contribution >= 0.6 is 0 Å². The molecule has 2 aliphatic heterocycles. The molecule has 1 saturated heterocycles. The van der Waals surface area contributed by atoms with Crippen molar-refractivity contribution in [1.82, 2.24) is 4.90 Å². The van der Waals surface area contributed by atoms with Gasteiger partial charge in [0, 0.05) is 6.54 Å². The first-order chi connectivity index (χ1) is 12.7. The summed E-state index contributed by atoms with van der Waals surface area (Å²) in [6.07, 6.45) is 1.33. The molecular weight excluding hydrogens is 332 g/mol. The number of rotatable bonds is 3. The maximum atomic E-state index is 13.0. The van der Waals surface area contributed by atoms with E-state index in [0.717, 1.165) is 11.3 Å². The topological polar surface area (TPSA) is 66.9 Å². The molecule has 1 fully saturated rings. The number of fused-ring (bicyclic) bond motifs is 2. The maximum Gasteiger partial charge on any atom is 0.271 e. The van der Waals surface area contributed by atoms with Crippen molar-refractivity contribution in [1.29, 1.82) is 0 Å². The number of ether oxygens (including phenoxy) is 1. The van der Waals surface area contributed by atoms with Gasteiger partial charge in [0.15, 0.2) is 6.61 Å². The quantitative estimate of drug-likeness (QED) is 0.851. The molecule has 0 radical (unpaired) electrons. The number of carbonyl (C=O) groups excluding carboxylic acids is 3. The molecule has 26 heavy (non-hydrogen) atoms. The fraction of sp³-hybridized carbons (Fsp3) is 0.250. The van der Waals surface area contributed by atoms with Crippen molar-refractivity contribution in [3.05, 3.63) is 60.2 Å². The minimum Gasteiger partial charge on any atom is -0.484 e. The first-order valence-electron chi connectivity index (χ1n) is 8.61. The summed E-state index contributed by atoms with van der Waals surface area (Å²) in [5.74, 6) is -0.485. The fourth-order valence-corrected chi connectivity index (χ4v) is 3.52. The van der Waals surface area contributed by atoms with Gasteiger partial charge < -0.3 is 9.64 Å². The summed E-state index contributed by atoms with van der Waals surface area (Å²) in [5.41, 5.74) is 0.705. The first-order valence-corrected chi connectivity index (χ1v) is 8.61. The molecule has 0 N–H and O–H groups in total. The van der Waals surface area contributed by atoms with Crippen LogP contribution in [0, 0.1) is 0 Å². The Hall–Kier alpha value is -3.15. The lowest BCUT2D eigenvalue weighted by Gasteiger charge is -2.24. The maximum absolute atomic E-state index is 13.0. The summed E-state index contributed by atoms with van der Waals surface area (Å²) < 4.78 is 5.52. The van der Waals surface area contributed by atoms with Crippen molar-refractivity contribution < 1.29 is 19.1 Å². The van der Waals surface area contributed by atoms with Gasteiger partial charge in [-0.1, -0.05) is 30.3 Å². The number of hydrogen-bond donors (Lipinski definition) is 0. The van der Waals surface area contributed by atoms with Gasteiger partial charge in [0.25, 0.3) is 17.7 Å². The van der Waals surface area contributed by atoms with E-state index in [9.17, 15) is 14.4 Å². The Morgan fingerprint density at radius 2 is 1.77 bits per heavy atom. The zero-order valence-electron chi connectivity index (χ0n) is 14.1. The van der Waals surface area contributed by atoms with Crippen LogP contribution in [0.1, 0.15) is 23.2 Å². The van der Waals surface area contributed by atoms with Crippen LogP contribution in [0.15, 0.2) is 54.6 Å². The summed E-state index contributed by atoms with van der Waals surface area (Å²) in [6, 6.07) is 15.1. The Kier molecular flexibility index (Phi) is 4.16. The standard InChI is InChI=1S/C20H18N2O4/c23-18(13-26-14-7-2-1-3-8-14)22-16-10-5-4-9-15(16)19(24)21-12-6-11-17(21)20(22)25/h1-5,7-10,17H,6,11-13H2. The van der Waals surface area contributed by atoms with Crippen LogP contribution in [0.2, 0.25) is 0 Å². The Labute approximate surface area is 151 Å². The molecule has 0 spiro atoms. The van der Waals surface area contributed by atoms with Crippen LogP contribution in [0.25, 0.3) is 0 Å². The second-order valence-electron chi connectivity index (χ2n) is 6.34. The molecule has 3 amide bonds. The van der Waals surface area contributed by atoms with Gasteiger partial charge in [0.05, 0.1) is 11.3 Å². The molecule has 2 aromatic carbocycles. The first kappa shape index (κ1) is 16.3. The van der Waals surface area contributed by atoms with Crippen molar-refractivity contribution in [3.8, 4) is 5.75 Å². The van der Waals surface area contributed by atoms with Gasteiger partial charge in [-0.05, 0) is 37.1 Å². The lowest BCUT2D eigenvalue weighted by Crippen LogP contribution is -2.48. The van der Waals surface area contributed by atoms with Crippen LogP contribution in [-0.2, 0) is 9.59 Å². The fourth-order valence-electron chi connectivity index (χ4n) is 3.52. The minimum atomic E-state index is -0.587. The number of anilines is 1. The van der Waals surface area contributed by atoms with Gasteiger partial charge >= 0.3 is 0 Å². The second-order valence-corrected chi connectivity index (χ2v) is 6.34. The highest BCUT2D eigenvalue weighted by Crippen LogP contribution is 2.32. The third kappa shape index (κ3) is 2.73. The molecular formula is C20H18N2O4. The second kappa shape index (κ2) is 6.63. The molecule has 2 heterocycles. The van der Waals surface area contributed by atoms with E-state index in [0.29, 0.717) is 30.0 Å². The normalized spacial score (nSPS) is 19.0. The van der Waals surface area contributed by atoms with Gasteiger partial charge in [0.2, 0.25) is 0 Å². The number of benzene rings is 2. The largest absolute Gasteiger partial charge is 0.484 e. The molecule has 132 valence electrons.